The fourth-order valence-corrected chi connectivity index (χ4v) is 5.77. The number of esters is 1. The summed E-state index contributed by atoms with van der Waals surface area (Å²) >= 11 is 1.99. The second-order valence-electron chi connectivity index (χ2n) is 7.11. The van der Waals surface area contributed by atoms with E-state index in [1.54, 1.807) is 61.7 Å². The lowest BCUT2D eigenvalue weighted by atomic mass is 10.1. The predicted octanol–water partition coefficient (Wildman–Crippen LogP) is 3.79. The highest BCUT2D eigenvalue weighted by atomic mass is 32.2. The smallest absolute Gasteiger partial charge is 0.353 e. The standard InChI is InChI=1S/C21H18N4O5S3/c1-13(2)12-33(28,29)21-25-24-20(32-21)23-18(26)15(11-22)10-14-5-7-16(8-6-14)30-19(27)17-4-3-9-31-17/h3-10,13H,12H2,1-2H3,(H,23,24,26)/b15-10-. The Morgan fingerprint density at radius 2 is 1.94 bits per heavy atom. The minimum Gasteiger partial charge on any atom is -0.422 e. The molecule has 9 nitrogen and oxygen atoms in total. The lowest BCUT2D eigenvalue weighted by Gasteiger charge is -2.04. The van der Waals surface area contributed by atoms with Crippen molar-refractivity contribution in [3.8, 4) is 11.8 Å². The van der Waals surface area contributed by atoms with Gasteiger partial charge in [-0.1, -0.05) is 43.4 Å². The zero-order valence-electron chi connectivity index (χ0n) is 17.5. The van der Waals surface area contributed by atoms with Gasteiger partial charge in [-0.2, -0.15) is 5.26 Å². The fourth-order valence-electron chi connectivity index (χ4n) is 2.56. The van der Waals surface area contributed by atoms with E-state index in [1.165, 1.54) is 17.4 Å². The molecular formula is C21H18N4O5S3. The molecule has 0 aliphatic rings. The van der Waals surface area contributed by atoms with Crippen molar-refractivity contribution in [1.82, 2.24) is 10.2 Å². The van der Waals surface area contributed by atoms with Gasteiger partial charge >= 0.3 is 5.97 Å². The molecule has 33 heavy (non-hydrogen) atoms. The second kappa shape index (κ2) is 10.5. The van der Waals surface area contributed by atoms with Crippen molar-refractivity contribution in [3.63, 3.8) is 0 Å². The average molecular weight is 503 g/mol. The van der Waals surface area contributed by atoms with Crippen LogP contribution in [-0.2, 0) is 14.6 Å². The second-order valence-corrected chi connectivity index (χ2v) is 11.2. The molecule has 1 amide bonds. The van der Waals surface area contributed by atoms with E-state index >= 15 is 0 Å². The summed E-state index contributed by atoms with van der Waals surface area (Å²) in [6.07, 6.45) is 1.34. The minimum atomic E-state index is -3.60. The first-order valence-electron chi connectivity index (χ1n) is 9.53. The van der Waals surface area contributed by atoms with Crippen molar-refractivity contribution in [2.45, 2.75) is 18.2 Å². The minimum absolute atomic E-state index is 0.0284. The number of amides is 1. The van der Waals surface area contributed by atoms with Gasteiger partial charge in [0.05, 0.1) is 5.75 Å². The van der Waals surface area contributed by atoms with E-state index in [4.69, 9.17) is 4.74 Å². The first-order chi connectivity index (χ1) is 15.7. The molecule has 0 unspecified atom stereocenters. The average Bonchev–Trinajstić information content (AvgIpc) is 3.45. The van der Waals surface area contributed by atoms with E-state index in [1.807, 2.05) is 0 Å². The Morgan fingerprint density at radius 1 is 1.21 bits per heavy atom. The number of carbonyl (C=O) groups excluding carboxylic acids is 2. The van der Waals surface area contributed by atoms with Crippen LogP contribution in [0.25, 0.3) is 6.08 Å². The molecule has 0 atom stereocenters. The van der Waals surface area contributed by atoms with Gasteiger partial charge < -0.3 is 4.74 Å². The number of aromatic nitrogens is 2. The summed E-state index contributed by atoms with van der Waals surface area (Å²) in [5.74, 6) is -1.09. The predicted molar refractivity (Wildman–Crippen MR) is 125 cm³/mol. The molecule has 2 aromatic heterocycles. The first-order valence-corrected chi connectivity index (χ1v) is 12.9. The molecule has 0 saturated heterocycles. The molecule has 3 rings (SSSR count). The van der Waals surface area contributed by atoms with Gasteiger partial charge in [0.1, 0.15) is 22.3 Å². The molecule has 170 valence electrons. The molecular weight excluding hydrogens is 484 g/mol. The Hall–Kier alpha value is -3.40. The quantitative estimate of drug-likeness (QED) is 0.161. The van der Waals surface area contributed by atoms with Gasteiger partial charge in [0.25, 0.3) is 5.91 Å². The Kier molecular flexibility index (Phi) is 7.70. The Bertz CT molecular complexity index is 1320. The normalized spacial score (nSPS) is 11.8. The van der Waals surface area contributed by atoms with E-state index in [0.29, 0.717) is 16.2 Å². The van der Waals surface area contributed by atoms with E-state index in [9.17, 15) is 23.3 Å². The maximum absolute atomic E-state index is 12.4. The van der Waals surface area contributed by atoms with Crippen LogP contribution >= 0.6 is 22.7 Å². The molecule has 0 aliphatic carbocycles. The largest absolute Gasteiger partial charge is 0.422 e. The molecule has 0 aliphatic heterocycles. The Morgan fingerprint density at radius 3 is 2.55 bits per heavy atom. The van der Waals surface area contributed by atoms with E-state index < -0.39 is 21.7 Å². The van der Waals surface area contributed by atoms with Crippen molar-refractivity contribution >= 4 is 55.6 Å². The maximum atomic E-state index is 12.4. The van der Waals surface area contributed by atoms with Gasteiger partial charge in [-0.15, -0.1) is 21.5 Å². The summed E-state index contributed by atoms with van der Waals surface area (Å²) in [5.41, 5.74) is 0.301. The number of hydrogen-bond donors (Lipinski definition) is 1. The van der Waals surface area contributed by atoms with E-state index in [2.05, 4.69) is 15.5 Å². The van der Waals surface area contributed by atoms with Crippen LogP contribution in [0.1, 0.15) is 29.1 Å². The molecule has 0 saturated carbocycles. The molecule has 0 fully saturated rings. The van der Waals surface area contributed by atoms with Crippen molar-refractivity contribution in [1.29, 1.82) is 5.26 Å². The summed E-state index contributed by atoms with van der Waals surface area (Å²) in [5, 5.41) is 20.8. The number of rotatable bonds is 8. The van der Waals surface area contributed by atoms with Crippen LogP contribution < -0.4 is 10.1 Å². The van der Waals surface area contributed by atoms with Crippen LogP contribution in [0, 0.1) is 17.2 Å². The lowest BCUT2D eigenvalue weighted by molar-refractivity contribution is -0.112. The Balaban J connectivity index is 1.67. The van der Waals surface area contributed by atoms with Crippen molar-refractivity contribution in [3.05, 3.63) is 57.8 Å². The maximum Gasteiger partial charge on any atom is 0.353 e. The third kappa shape index (κ3) is 6.55. The number of thiophene rings is 1. The van der Waals surface area contributed by atoms with Crippen LogP contribution in [0.2, 0.25) is 0 Å². The van der Waals surface area contributed by atoms with Gasteiger partial charge in [-0.25, -0.2) is 13.2 Å². The molecule has 0 spiro atoms. The molecule has 1 N–H and O–H groups in total. The summed E-state index contributed by atoms with van der Waals surface area (Å²) in [7, 11) is -3.60. The monoisotopic (exact) mass is 502 g/mol. The highest BCUT2D eigenvalue weighted by Gasteiger charge is 2.23. The van der Waals surface area contributed by atoms with Crippen LogP contribution in [0.5, 0.6) is 5.75 Å². The van der Waals surface area contributed by atoms with Crippen LogP contribution in [0.4, 0.5) is 5.13 Å². The van der Waals surface area contributed by atoms with Crippen LogP contribution in [-0.4, -0.2) is 36.2 Å². The molecule has 0 bridgehead atoms. The van der Waals surface area contributed by atoms with Crippen LogP contribution in [0.3, 0.4) is 0 Å². The molecule has 12 heteroatoms. The van der Waals surface area contributed by atoms with Gasteiger partial charge in [0, 0.05) is 0 Å². The number of nitrogens with zero attached hydrogens (tertiary/aromatic N) is 3. The summed E-state index contributed by atoms with van der Waals surface area (Å²) < 4.78 is 29.5. The number of nitrogens with one attached hydrogen (secondary N) is 1. The summed E-state index contributed by atoms with van der Waals surface area (Å²) in [6.45, 7) is 3.54. The van der Waals surface area contributed by atoms with Gasteiger partial charge in [0.15, 0.2) is 0 Å². The van der Waals surface area contributed by atoms with Crippen molar-refractivity contribution in [2.24, 2.45) is 5.92 Å². The Labute approximate surface area is 198 Å². The van der Waals surface area contributed by atoms with Crippen molar-refractivity contribution < 1.29 is 22.7 Å². The molecule has 0 radical (unpaired) electrons. The lowest BCUT2D eigenvalue weighted by Crippen LogP contribution is -2.13. The number of benzene rings is 1. The summed E-state index contributed by atoms with van der Waals surface area (Å²) in [6, 6.07) is 11.5. The highest BCUT2D eigenvalue weighted by molar-refractivity contribution is 7.93. The van der Waals surface area contributed by atoms with E-state index in [0.717, 1.165) is 11.3 Å². The van der Waals surface area contributed by atoms with Crippen molar-refractivity contribution in [2.75, 3.05) is 11.1 Å². The topological polar surface area (TPSA) is 139 Å². The fraction of sp³-hybridized carbons (Fsp3) is 0.190. The number of hydrogen-bond acceptors (Lipinski definition) is 10. The highest BCUT2D eigenvalue weighted by Crippen LogP contribution is 2.23. The third-order valence-electron chi connectivity index (χ3n) is 3.93. The third-order valence-corrected chi connectivity index (χ3v) is 8.15. The molecule has 2 heterocycles. The van der Waals surface area contributed by atoms with Gasteiger partial charge in [-0.05, 0) is 41.1 Å². The number of sulfone groups is 1. The number of ether oxygens (including phenoxy) is 1. The SMILES string of the molecule is CC(C)CS(=O)(=O)c1nnc(NC(=O)/C(C#N)=C\c2ccc(OC(=O)c3cccs3)cc2)s1. The van der Waals surface area contributed by atoms with Gasteiger partial charge in [-0.3, -0.25) is 10.1 Å². The zero-order valence-corrected chi connectivity index (χ0v) is 20.0. The first kappa shape index (κ1) is 24.2. The zero-order chi connectivity index (χ0) is 24.0. The van der Waals surface area contributed by atoms with Crippen LogP contribution in [0.15, 0.2) is 51.7 Å². The van der Waals surface area contributed by atoms with E-state index in [-0.39, 0.29) is 26.7 Å². The number of anilines is 1. The number of carbonyl (C=O) groups is 2. The molecule has 3 aromatic rings. The van der Waals surface area contributed by atoms with Gasteiger partial charge in [0.2, 0.25) is 19.3 Å². The molecule has 1 aromatic carbocycles. The number of nitriles is 1. The summed E-state index contributed by atoms with van der Waals surface area (Å²) in [4.78, 5) is 24.9.